The molecule has 1 aliphatic rings. The zero-order chi connectivity index (χ0) is 17.3. The van der Waals surface area contributed by atoms with E-state index in [0.29, 0.717) is 17.3 Å². The maximum atomic E-state index is 12.4. The van der Waals surface area contributed by atoms with E-state index in [0.717, 1.165) is 11.3 Å². The highest BCUT2D eigenvalue weighted by Crippen LogP contribution is 2.34. The Balaban J connectivity index is 1.82. The Kier molecular flexibility index (Phi) is 4.20. The topological polar surface area (TPSA) is 71.5 Å². The molecule has 1 N–H and O–H groups in total. The molecule has 2 amide bonds. The monoisotopic (exact) mass is 325 g/mol. The lowest BCUT2D eigenvalue weighted by Crippen LogP contribution is -2.47. The van der Waals surface area contributed by atoms with Gasteiger partial charge in [0.2, 0.25) is 5.91 Å². The number of amides is 2. The minimum atomic E-state index is -0.620. The van der Waals surface area contributed by atoms with Gasteiger partial charge in [-0.2, -0.15) is 0 Å². The SMILES string of the molecule is Cc1ccc2c(c1)N(CC(=O)Nc1cccc(C)n1)C(=O)C(C)O2. The van der Waals surface area contributed by atoms with Crippen molar-refractivity contribution in [2.75, 3.05) is 16.8 Å². The molecule has 0 saturated heterocycles. The molecule has 3 rings (SSSR count). The molecule has 24 heavy (non-hydrogen) atoms. The number of aryl methyl sites for hydroxylation is 2. The predicted molar refractivity (Wildman–Crippen MR) is 91.2 cm³/mol. The van der Waals surface area contributed by atoms with Crippen LogP contribution in [0.4, 0.5) is 11.5 Å². The molecule has 0 fully saturated rings. The van der Waals surface area contributed by atoms with Gasteiger partial charge in [0, 0.05) is 5.69 Å². The molecule has 1 atom stereocenters. The first-order valence-corrected chi connectivity index (χ1v) is 7.76. The number of ether oxygens (including phenoxy) is 1. The highest BCUT2D eigenvalue weighted by Gasteiger charge is 2.32. The molecule has 2 aromatic rings. The first-order chi connectivity index (χ1) is 11.4. The Hall–Kier alpha value is -2.89. The summed E-state index contributed by atoms with van der Waals surface area (Å²) in [7, 11) is 0. The number of carbonyl (C=O) groups excluding carboxylic acids is 2. The van der Waals surface area contributed by atoms with Crippen LogP contribution in [-0.4, -0.2) is 29.4 Å². The van der Waals surface area contributed by atoms with E-state index in [2.05, 4.69) is 10.3 Å². The van der Waals surface area contributed by atoms with Crippen LogP contribution in [0.2, 0.25) is 0 Å². The van der Waals surface area contributed by atoms with E-state index in [1.807, 2.05) is 44.2 Å². The Labute approximate surface area is 140 Å². The van der Waals surface area contributed by atoms with Gasteiger partial charge < -0.3 is 10.1 Å². The summed E-state index contributed by atoms with van der Waals surface area (Å²) in [6, 6.07) is 11.0. The second-order valence-electron chi connectivity index (χ2n) is 5.87. The van der Waals surface area contributed by atoms with E-state index >= 15 is 0 Å². The van der Waals surface area contributed by atoms with Crippen molar-refractivity contribution in [2.45, 2.75) is 26.9 Å². The molecule has 0 spiro atoms. The number of fused-ring (bicyclic) bond motifs is 1. The molecule has 1 aromatic heterocycles. The van der Waals surface area contributed by atoms with Gasteiger partial charge in [0.15, 0.2) is 6.10 Å². The number of pyridine rings is 1. The van der Waals surface area contributed by atoms with Gasteiger partial charge >= 0.3 is 0 Å². The third-order valence-corrected chi connectivity index (χ3v) is 3.78. The maximum absolute atomic E-state index is 12.4. The van der Waals surface area contributed by atoms with Crippen molar-refractivity contribution in [1.82, 2.24) is 4.98 Å². The average molecular weight is 325 g/mol. The van der Waals surface area contributed by atoms with Gasteiger partial charge in [-0.3, -0.25) is 14.5 Å². The smallest absolute Gasteiger partial charge is 0.268 e. The van der Waals surface area contributed by atoms with Crippen LogP contribution < -0.4 is 15.0 Å². The Morgan fingerprint density at radius 1 is 1.29 bits per heavy atom. The second-order valence-corrected chi connectivity index (χ2v) is 5.87. The summed E-state index contributed by atoms with van der Waals surface area (Å²) in [6.07, 6.45) is -0.620. The zero-order valence-electron chi connectivity index (χ0n) is 13.9. The standard InChI is InChI=1S/C18H19N3O3/c1-11-7-8-15-14(9-11)21(18(23)13(3)24-15)10-17(22)20-16-6-4-5-12(2)19-16/h4-9,13H,10H2,1-3H3,(H,19,20,22). The quantitative estimate of drug-likeness (QED) is 0.941. The first-order valence-electron chi connectivity index (χ1n) is 7.76. The molecule has 0 saturated carbocycles. The summed E-state index contributed by atoms with van der Waals surface area (Å²) in [5.41, 5.74) is 2.42. The van der Waals surface area contributed by atoms with E-state index in [-0.39, 0.29) is 18.4 Å². The molecule has 0 radical (unpaired) electrons. The van der Waals surface area contributed by atoms with Gasteiger partial charge in [0.25, 0.3) is 5.91 Å². The van der Waals surface area contributed by atoms with Crippen molar-refractivity contribution in [3.05, 3.63) is 47.7 Å². The maximum Gasteiger partial charge on any atom is 0.268 e. The normalized spacial score (nSPS) is 16.4. The van der Waals surface area contributed by atoms with Crippen LogP contribution >= 0.6 is 0 Å². The van der Waals surface area contributed by atoms with Crippen LogP contribution in [0.15, 0.2) is 36.4 Å². The second kappa shape index (κ2) is 6.31. The largest absolute Gasteiger partial charge is 0.479 e. The lowest BCUT2D eigenvalue weighted by atomic mass is 10.1. The lowest BCUT2D eigenvalue weighted by molar-refractivity contribution is -0.127. The number of hydrogen-bond donors (Lipinski definition) is 1. The fourth-order valence-corrected chi connectivity index (χ4v) is 2.62. The molecular formula is C18H19N3O3. The number of aromatic nitrogens is 1. The fourth-order valence-electron chi connectivity index (χ4n) is 2.62. The number of nitrogens with one attached hydrogen (secondary N) is 1. The van der Waals surface area contributed by atoms with Crippen molar-refractivity contribution in [1.29, 1.82) is 0 Å². The van der Waals surface area contributed by atoms with Gasteiger partial charge in [-0.15, -0.1) is 0 Å². The molecule has 0 aliphatic carbocycles. The number of nitrogens with zero attached hydrogens (tertiary/aromatic N) is 2. The van der Waals surface area contributed by atoms with Gasteiger partial charge in [0.05, 0.1) is 5.69 Å². The molecular weight excluding hydrogens is 306 g/mol. The van der Waals surface area contributed by atoms with E-state index < -0.39 is 6.10 Å². The average Bonchev–Trinajstić information content (AvgIpc) is 2.52. The summed E-state index contributed by atoms with van der Waals surface area (Å²) in [4.78, 5) is 30.5. The number of anilines is 2. The van der Waals surface area contributed by atoms with Crippen LogP contribution in [0.5, 0.6) is 5.75 Å². The Morgan fingerprint density at radius 3 is 2.83 bits per heavy atom. The molecule has 124 valence electrons. The van der Waals surface area contributed by atoms with Gasteiger partial charge in [-0.05, 0) is 50.6 Å². The molecule has 2 heterocycles. The van der Waals surface area contributed by atoms with E-state index in [9.17, 15) is 9.59 Å². The zero-order valence-corrected chi connectivity index (χ0v) is 13.9. The summed E-state index contributed by atoms with van der Waals surface area (Å²) in [5, 5.41) is 2.73. The first kappa shape index (κ1) is 16.0. The molecule has 6 heteroatoms. The van der Waals surface area contributed by atoms with E-state index in [1.165, 1.54) is 4.90 Å². The van der Waals surface area contributed by atoms with E-state index in [1.54, 1.807) is 13.0 Å². The Bertz CT molecular complexity index is 804. The molecule has 6 nitrogen and oxygen atoms in total. The van der Waals surface area contributed by atoms with Crippen molar-refractivity contribution in [3.63, 3.8) is 0 Å². The fraction of sp³-hybridized carbons (Fsp3) is 0.278. The highest BCUT2D eigenvalue weighted by molar-refractivity contribution is 6.06. The van der Waals surface area contributed by atoms with Crippen molar-refractivity contribution in [3.8, 4) is 5.75 Å². The third kappa shape index (κ3) is 3.22. The number of rotatable bonds is 3. The summed E-state index contributed by atoms with van der Waals surface area (Å²) < 4.78 is 5.61. The van der Waals surface area contributed by atoms with E-state index in [4.69, 9.17) is 4.74 Å². The van der Waals surface area contributed by atoms with Crippen LogP contribution in [-0.2, 0) is 9.59 Å². The number of carbonyl (C=O) groups is 2. The van der Waals surface area contributed by atoms with Crippen molar-refractivity contribution >= 4 is 23.3 Å². The Morgan fingerprint density at radius 2 is 2.08 bits per heavy atom. The van der Waals surface area contributed by atoms with Crippen LogP contribution in [0, 0.1) is 13.8 Å². The number of hydrogen-bond acceptors (Lipinski definition) is 4. The summed E-state index contributed by atoms with van der Waals surface area (Å²) in [6.45, 7) is 5.37. The molecule has 1 unspecified atom stereocenters. The molecule has 0 bridgehead atoms. The predicted octanol–water partition coefficient (Wildman–Crippen LogP) is 2.45. The highest BCUT2D eigenvalue weighted by atomic mass is 16.5. The molecule has 1 aliphatic heterocycles. The van der Waals surface area contributed by atoms with Gasteiger partial charge in [0.1, 0.15) is 18.1 Å². The van der Waals surface area contributed by atoms with Crippen molar-refractivity contribution in [2.24, 2.45) is 0 Å². The van der Waals surface area contributed by atoms with Gasteiger partial charge in [-0.1, -0.05) is 12.1 Å². The van der Waals surface area contributed by atoms with Gasteiger partial charge in [-0.25, -0.2) is 4.98 Å². The van der Waals surface area contributed by atoms with Crippen LogP contribution in [0.3, 0.4) is 0 Å². The van der Waals surface area contributed by atoms with Crippen molar-refractivity contribution < 1.29 is 14.3 Å². The minimum Gasteiger partial charge on any atom is -0.479 e. The molecule has 1 aromatic carbocycles. The third-order valence-electron chi connectivity index (χ3n) is 3.78. The summed E-state index contributed by atoms with van der Waals surface area (Å²) >= 11 is 0. The number of benzene rings is 1. The summed E-state index contributed by atoms with van der Waals surface area (Å²) in [5.74, 6) is 0.538. The lowest BCUT2D eigenvalue weighted by Gasteiger charge is -2.32. The minimum absolute atomic E-state index is 0.0847. The van der Waals surface area contributed by atoms with Crippen LogP contribution in [0.25, 0.3) is 0 Å². The van der Waals surface area contributed by atoms with Crippen LogP contribution in [0.1, 0.15) is 18.2 Å².